The number of amides is 2. The van der Waals surface area contributed by atoms with Gasteiger partial charge in [-0.25, -0.2) is 0 Å². The van der Waals surface area contributed by atoms with E-state index in [2.05, 4.69) is 5.32 Å². The standard InChI is InChI=1S/C26H34Cl2N2O4/c1-5-22(26(32)29-6-2)30(17-19-11-12-20(27)16-21(19)28)25(31)14-10-18-9-13-23(33-7-3)24(15-18)34-8-4/h9,11-13,15-16,22H,5-8,10,14,17H2,1-4H3,(H,29,32)/t22-/m0/s1. The maximum Gasteiger partial charge on any atom is 0.242 e. The fourth-order valence-corrected chi connectivity index (χ4v) is 4.16. The van der Waals surface area contributed by atoms with Gasteiger partial charge in [-0.05, 0) is 69.0 Å². The van der Waals surface area contributed by atoms with Crippen molar-refractivity contribution in [3.8, 4) is 11.5 Å². The molecule has 0 heterocycles. The number of aryl methyl sites for hydroxylation is 1. The summed E-state index contributed by atoms with van der Waals surface area (Å²) < 4.78 is 11.3. The first-order chi connectivity index (χ1) is 16.3. The number of hydrogen-bond acceptors (Lipinski definition) is 4. The molecule has 186 valence electrons. The molecule has 0 aliphatic heterocycles. The van der Waals surface area contributed by atoms with Crippen molar-refractivity contribution in [3.05, 3.63) is 57.6 Å². The third-order valence-electron chi connectivity index (χ3n) is 5.33. The van der Waals surface area contributed by atoms with Gasteiger partial charge >= 0.3 is 0 Å². The van der Waals surface area contributed by atoms with E-state index in [1.165, 1.54) is 0 Å². The lowest BCUT2D eigenvalue weighted by molar-refractivity contribution is -0.141. The summed E-state index contributed by atoms with van der Waals surface area (Å²) >= 11 is 12.4. The van der Waals surface area contributed by atoms with Crippen LogP contribution < -0.4 is 14.8 Å². The van der Waals surface area contributed by atoms with Crippen molar-refractivity contribution in [1.29, 1.82) is 0 Å². The second kappa shape index (κ2) is 14.1. The maximum absolute atomic E-state index is 13.4. The van der Waals surface area contributed by atoms with Gasteiger partial charge in [0.05, 0.1) is 13.2 Å². The average molecular weight is 509 g/mol. The number of carbonyl (C=O) groups is 2. The highest BCUT2D eigenvalue weighted by molar-refractivity contribution is 6.35. The molecule has 0 saturated carbocycles. The van der Waals surface area contributed by atoms with E-state index < -0.39 is 6.04 Å². The molecule has 1 N–H and O–H groups in total. The van der Waals surface area contributed by atoms with Crippen LogP contribution in [0.25, 0.3) is 0 Å². The summed E-state index contributed by atoms with van der Waals surface area (Å²) in [4.78, 5) is 27.8. The Labute approximate surface area is 212 Å². The summed E-state index contributed by atoms with van der Waals surface area (Å²) in [7, 11) is 0. The molecule has 6 nitrogen and oxygen atoms in total. The largest absolute Gasteiger partial charge is 0.490 e. The third kappa shape index (κ3) is 7.81. The van der Waals surface area contributed by atoms with Crippen LogP contribution in [0.2, 0.25) is 10.0 Å². The van der Waals surface area contributed by atoms with Crippen LogP contribution in [0.1, 0.15) is 51.7 Å². The van der Waals surface area contributed by atoms with Crippen molar-refractivity contribution >= 4 is 35.0 Å². The zero-order valence-electron chi connectivity index (χ0n) is 20.3. The van der Waals surface area contributed by atoms with Crippen LogP contribution in [0, 0.1) is 0 Å². The van der Waals surface area contributed by atoms with Gasteiger partial charge in [-0.2, -0.15) is 0 Å². The number of nitrogens with one attached hydrogen (secondary N) is 1. The lowest BCUT2D eigenvalue weighted by Gasteiger charge is -2.31. The zero-order chi connectivity index (χ0) is 25.1. The quantitative estimate of drug-likeness (QED) is 0.378. The summed E-state index contributed by atoms with van der Waals surface area (Å²) in [5.74, 6) is 1.03. The fraction of sp³-hybridized carbons (Fsp3) is 0.462. The summed E-state index contributed by atoms with van der Waals surface area (Å²) in [5, 5.41) is 3.82. The fourth-order valence-electron chi connectivity index (χ4n) is 3.69. The first kappa shape index (κ1) is 27.8. The topological polar surface area (TPSA) is 67.9 Å². The van der Waals surface area contributed by atoms with Gasteiger partial charge in [0, 0.05) is 29.6 Å². The van der Waals surface area contributed by atoms with E-state index in [9.17, 15) is 9.59 Å². The van der Waals surface area contributed by atoms with E-state index in [1.54, 1.807) is 23.1 Å². The van der Waals surface area contributed by atoms with Crippen LogP contribution in [0.4, 0.5) is 0 Å². The number of nitrogens with zero attached hydrogens (tertiary/aromatic N) is 1. The number of rotatable bonds is 13. The molecule has 1 atom stereocenters. The molecule has 0 unspecified atom stereocenters. The minimum Gasteiger partial charge on any atom is -0.490 e. The molecule has 8 heteroatoms. The summed E-state index contributed by atoms with van der Waals surface area (Å²) in [6.07, 6.45) is 1.23. The molecule has 2 aromatic carbocycles. The van der Waals surface area contributed by atoms with Crippen molar-refractivity contribution in [2.24, 2.45) is 0 Å². The smallest absolute Gasteiger partial charge is 0.242 e. The summed E-state index contributed by atoms with van der Waals surface area (Å²) in [6, 6.07) is 10.3. The Morgan fingerprint density at radius 1 is 0.971 bits per heavy atom. The Bertz CT molecular complexity index is 968. The van der Waals surface area contributed by atoms with E-state index in [0.29, 0.717) is 54.1 Å². The number of hydrogen-bond donors (Lipinski definition) is 1. The molecular weight excluding hydrogens is 475 g/mol. The van der Waals surface area contributed by atoms with Crippen molar-refractivity contribution in [3.63, 3.8) is 0 Å². The highest BCUT2D eigenvalue weighted by Crippen LogP contribution is 2.29. The van der Waals surface area contributed by atoms with E-state index in [4.69, 9.17) is 32.7 Å². The average Bonchev–Trinajstić information content (AvgIpc) is 2.80. The van der Waals surface area contributed by atoms with Crippen LogP contribution >= 0.6 is 23.2 Å². The van der Waals surface area contributed by atoms with Gasteiger partial charge in [-0.1, -0.05) is 42.3 Å². The Balaban J connectivity index is 2.25. The highest BCUT2D eigenvalue weighted by atomic mass is 35.5. The predicted octanol–water partition coefficient (Wildman–Crippen LogP) is 5.67. The Kier molecular flexibility index (Phi) is 11.5. The molecule has 2 rings (SSSR count). The first-order valence-corrected chi connectivity index (χ1v) is 12.5. The van der Waals surface area contributed by atoms with Gasteiger partial charge < -0.3 is 19.7 Å². The Hall–Kier alpha value is -2.44. The van der Waals surface area contributed by atoms with Gasteiger partial charge in [-0.15, -0.1) is 0 Å². The molecule has 0 aromatic heterocycles. The van der Waals surface area contributed by atoms with E-state index in [1.807, 2.05) is 45.9 Å². The number of halogens is 2. The number of carbonyl (C=O) groups excluding carboxylic acids is 2. The van der Waals surface area contributed by atoms with Crippen LogP contribution in [0.15, 0.2) is 36.4 Å². The normalized spacial score (nSPS) is 11.6. The predicted molar refractivity (Wildman–Crippen MR) is 137 cm³/mol. The molecular formula is C26H34Cl2N2O4. The number of benzene rings is 2. The van der Waals surface area contributed by atoms with Crippen LogP contribution in [-0.4, -0.2) is 42.5 Å². The molecule has 0 saturated heterocycles. The molecule has 0 aliphatic rings. The molecule has 2 amide bonds. The second-order valence-electron chi connectivity index (χ2n) is 7.72. The van der Waals surface area contributed by atoms with Gasteiger partial charge in [-0.3, -0.25) is 9.59 Å². The molecule has 0 fully saturated rings. The molecule has 0 bridgehead atoms. The molecule has 0 aliphatic carbocycles. The van der Waals surface area contributed by atoms with Crippen LogP contribution in [-0.2, 0) is 22.6 Å². The number of ether oxygens (including phenoxy) is 2. The summed E-state index contributed by atoms with van der Waals surface area (Å²) in [5.41, 5.74) is 1.69. The monoisotopic (exact) mass is 508 g/mol. The molecule has 34 heavy (non-hydrogen) atoms. The highest BCUT2D eigenvalue weighted by Gasteiger charge is 2.28. The minimum absolute atomic E-state index is 0.129. The van der Waals surface area contributed by atoms with Gasteiger partial charge in [0.1, 0.15) is 6.04 Å². The lowest BCUT2D eigenvalue weighted by Crippen LogP contribution is -2.49. The lowest BCUT2D eigenvalue weighted by atomic mass is 10.1. The summed E-state index contributed by atoms with van der Waals surface area (Å²) in [6.45, 7) is 9.35. The van der Waals surface area contributed by atoms with E-state index in [-0.39, 0.29) is 24.8 Å². The van der Waals surface area contributed by atoms with E-state index >= 15 is 0 Å². The van der Waals surface area contributed by atoms with Gasteiger partial charge in [0.25, 0.3) is 0 Å². The third-order valence-corrected chi connectivity index (χ3v) is 5.92. The molecule has 0 radical (unpaired) electrons. The Morgan fingerprint density at radius 3 is 2.29 bits per heavy atom. The van der Waals surface area contributed by atoms with Gasteiger partial charge in [0.15, 0.2) is 11.5 Å². The van der Waals surface area contributed by atoms with Crippen LogP contribution in [0.3, 0.4) is 0 Å². The van der Waals surface area contributed by atoms with Gasteiger partial charge in [0.2, 0.25) is 11.8 Å². The maximum atomic E-state index is 13.4. The molecule has 0 spiro atoms. The number of likely N-dealkylation sites (N-methyl/N-ethyl adjacent to an activating group) is 1. The van der Waals surface area contributed by atoms with Crippen molar-refractivity contribution < 1.29 is 19.1 Å². The van der Waals surface area contributed by atoms with Crippen LogP contribution in [0.5, 0.6) is 11.5 Å². The first-order valence-electron chi connectivity index (χ1n) is 11.7. The van der Waals surface area contributed by atoms with E-state index in [0.717, 1.165) is 11.1 Å². The SMILES string of the molecule is CCNC(=O)[C@H](CC)N(Cc1ccc(Cl)cc1Cl)C(=O)CCc1ccc(OCC)c(OCC)c1. The van der Waals surface area contributed by atoms with Crippen molar-refractivity contribution in [1.82, 2.24) is 10.2 Å². The van der Waals surface area contributed by atoms with Crippen molar-refractivity contribution in [2.45, 2.75) is 59.5 Å². The Morgan fingerprint density at radius 2 is 1.68 bits per heavy atom. The minimum atomic E-state index is -0.599. The second-order valence-corrected chi connectivity index (χ2v) is 8.57. The molecule has 2 aromatic rings. The van der Waals surface area contributed by atoms with Crippen molar-refractivity contribution in [2.75, 3.05) is 19.8 Å². The zero-order valence-corrected chi connectivity index (χ0v) is 21.8.